The molecule has 2 rings (SSSR count). The van der Waals surface area contributed by atoms with Crippen molar-refractivity contribution in [2.24, 2.45) is 5.92 Å². The van der Waals surface area contributed by atoms with Gasteiger partial charge in [0, 0.05) is 40.7 Å². The zero-order valence-electron chi connectivity index (χ0n) is 14.1. The molecule has 0 saturated carbocycles. The molecule has 0 aliphatic heterocycles. The van der Waals surface area contributed by atoms with E-state index in [9.17, 15) is 4.21 Å². The number of methoxy groups -OCH3 is 1. The summed E-state index contributed by atoms with van der Waals surface area (Å²) in [5, 5.41) is 0.946. The molecular formula is C16H24N4O2S. The van der Waals surface area contributed by atoms with E-state index in [0.717, 1.165) is 35.4 Å². The topological polar surface area (TPSA) is 79.2 Å². The predicted octanol–water partition coefficient (Wildman–Crippen LogP) is 2.78. The first kappa shape index (κ1) is 17.5. The lowest BCUT2D eigenvalue weighted by atomic mass is 10.1. The van der Waals surface area contributed by atoms with Gasteiger partial charge in [-0.2, -0.15) is 0 Å². The van der Waals surface area contributed by atoms with Crippen molar-refractivity contribution in [2.45, 2.75) is 13.3 Å². The summed E-state index contributed by atoms with van der Waals surface area (Å²) in [5.41, 5.74) is 0.794. The number of hydrogen-bond acceptors (Lipinski definition) is 6. The Bertz CT molecular complexity index is 777. The van der Waals surface area contributed by atoms with Crippen molar-refractivity contribution >= 4 is 26.4 Å². The Hall–Kier alpha value is -1.89. The average Bonchev–Trinajstić information content (AvgIpc) is 2.49. The van der Waals surface area contributed by atoms with E-state index in [-0.39, 0.29) is 5.92 Å². The van der Waals surface area contributed by atoms with Gasteiger partial charge in [-0.3, -0.25) is 8.99 Å². The van der Waals surface area contributed by atoms with E-state index in [1.54, 1.807) is 13.4 Å². The van der Waals surface area contributed by atoms with Crippen LogP contribution in [0, 0.1) is 10.7 Å². The first-order valence-corrected chi connectivity index (χ1v) is 9.65. The van der Waals surface area contributed by atoms with E-state index in [0.29, 0.717) is 5.75 Å². The van der Waals surface area contributed by atoms with Gasteiger partial charge in [0.2, 0.25) is 0 Å². The van der Waals surface area contributed by atoms with E-state index < -0.39 is 9.73 Å². The van der Waals surface area contributed by atoms with Crippen LogP contribution in [0.2, 0.25) is 0 Å². The minimum atomic E-state index is -2.44. The smallest absolute Gasteiger partial charge is 0.145 e. The zero-order chi connectivity index (χ0) is 17.0. The van der Waals surface area contributed by atoms with Crippen LogP contribution in [0.3, 0.4) is 0 Å². The van der Waals surface area contributed by atoms with Crippen LogP contribution in [-0.2, 0) is 9.73 Å². The molecule has 7 heteroatoms. The van der Waals surface area contributed by atoms with E-state index in [1.165, 1.54) is 6.26 Å². The van der Waals surface area contributed by atoms with Gasteiger partial charge in [0.15, 0.2) is 0 Å². The van der Waals surface area contributed by atoms with Crippen molar-refractivity contribution in [1.82, 2.24) is 9.97 Å². The molecule has 0 saturated heterocycles. The maximum Gasteiger partial charge on any atom is 0.145 e. The van der Waals surface area contributed by atoms with Gasteiger partial charge in [-0.1, -0.05) is 13.0 Å². The first-order chi connectivity index (χ1) is 10.8. The third-order valence-corrected chi connectivity index (χ3v) is 4.95. The molecule has 0 aliphatic carbocycles. The maximum absolute atomic E-state index is 11.6. The molecule has 1 N–H and O–H groups in total. The Morgan fingerprint density at radius 2 is 2.13 bits per heavy atom. The SMILES string of the molecule is COc1cccc2c(N(C)CC[C@@H](C)C[S@](C)(=N)=O)ncnc12. The number of anilines is 1. The summed E-state index contributed by atoms with van der Waals surface area (Å²) in [5.74, 6) is 2.24. The van der Waals surface area contributed by atoms with Crippen LogP contribution >= 0.6 is 0 Å². The largest absolute Gasteiger partial charge is 0.494 e. The van der Waals surface area contributed by atoms with Crippen LogP contribution in [0.5, 0.6) is 5.75 Å². The quantitative estimate of drug-likeness (QED) is 0.841. The maximum atomic E-state index is 11.6. The lowest BCUT2D eigenvalue weighted by Crippen LogP contribution is -2.23. The molecule has 0 fully saturated rings. The fourth-order valence-electron chi connectivity index (χ4n) is 2.66. The Kier molecular flexibility index (Phi) is 5.41. The van der Waals surface area contributed by atoms with Crippen molar-refractivity contribution in [2.75, 3.05) is 37.6 Å². The van der Waals surface area contributed by atoms with Gasteiger partial charge in [-0.25, -0.2) is 9.97 Å². The summed E-state index contributed by atoms with van der Waals surface area (Å²) in [7, 11) is 1.17. The van der Waals surface area contributed by atoms with Crippen molar-refractivity contribution < 1.29 is 8.95 Å². The van der Waals surface area contributed by atoms with E-state index in [1.807, 2.05) is 32.2 Å². The van der Waals surface area contributed by atoms with Crippen LogP contribution < -0.4 is 9.64 Å². The van der Waals surface area contributed by atoms with Crippen LogP contribution in [0.4, 0.5) is 5.82 Å². The second kappa shape index (κ2) is 7.12. The van der Waals surface area contributed by atoms with Gasteiger partial charge < -0.3 is 9.64 Å². The minimum absolute atomic E-state index is 0.232. The van der Waals surface area contributed by atoms with Gasteiger partial charge in [-0.15, -0.1) is 0 Å². The van der Waals surface area contributed by atoms with Crippen molar-refractivity contribution in [3.8, 4) is 5.75 Å². The fraction of sp³-hybridized carbons (Fsp3) is 0.500. The minimum Gasteiger partial charge on any atom is -0.494 e. The number of nitrogens with one attached hydrogen (secondary N) is 1. The summed E-state index contributed by atoms with van der Waals surface area (Å²) in [6.45, 7) is 2.81. The number of aromatic nitrogens is 2. The summed E-state index contributed by atoms with van der Waals surface area (Å²) in [4.78, 5) is 10.8. The average molecular weight is 336 g/mol. The Balaban J connectivity index is 2.17. The molecule has 1 aromatic carbocycles. The van der Waals surface area contributed by atoms with Gasteiger partial charge in [0.05, 0.1) is 7.11 Å². The van der Waals surface area contributed by atoms with E-state index >= 15 is 0 Å². The van der Waals surface area contributed by atoms with E-state index in [4.69, 9.17) is 9.52 Å². The molecule has 126 valence electrons. The number of fused-ring (bicyclic) bond motifs is 1. The molecule has 1 heterocycles. The third-order valence-electron chi connectivity index (χ3n) is 3.75. The van der Waals surface area contributed by atoms with Crippen molar-refractivity contribution in [3.63, 3.8) is 0 Å². The summed E-state index contributed by atoms with van der Waals surface area (Å²) in [6, 6.07) is 5.79. The molecule has 0 bridgehead atoms. The number of nitrogens with zero attached hydrogens (tertiary/aromatic N) is 3. The van der Waals surface area contributed by atoms with Crippen molar-refractivity contribution in [1.29, 1.82) is 4.78 Å². The number of benzene rings is 1. The second-order valence-corrected chi connectivity index (χ2v) is 8.38. The first-order valence-electron chi connectivity index (χ1n) is 7.52. The Labute approximate surface area is 137 Å². The monoisotopic (exact) mass is 336 g/mol. The van der Waals surface area contributed by atoms with Gasteiger partial charge in [-0.05, 0) is 24.5 Å². The summed E-state index contributed by atoms with van der Waals surface area (Å²) < 4.78 is 24.5. The fourth-order valence-corrected chi connectivity index (χ4v) is 3.91. The number of ether oxygens (including phenoxy) is 1. The molecule has 0 aliphatic rings. The highest BCUT2D eigenvalue weighted by molar-refractivity contribution is 7.91. The second-order valence-electron chi connectivity index (χ2n) is 6.04. The highest BCUT2D eigenvalue weighted by Crippen LogP contribution is 2.28. The molecule has 2 atom stereocenters. The molecule has 0 spiro atoms. The Morgan fingerprint density at radius 3 is 2.78 bits per heavy atom. The highest BCUT2D eigenvalue weighted by Gasteiger charge is 2.13. The molecule has 0 amide bonds. The Morgan fingerprint density at radius 1 is 1.39 bits per heavy atom. The number of rotatable bonds is 7. The van der Waals surface area contributed by atoms with Gasteiger partial charge in [0.25, 0.3) is 0 Å². The number of para-hydroxylation sites is 1. The third kappa shape index (κ3) is 4.54. The molecule has 0 radical (unpaired) electrons. The lowest BCUT2D eigenvalue weighted by Gasteiger charge is -2.22. The number of hydrogen-bond donors (Lipinski definition) is 1. The zero-order valence-corrected chi connectivity index (χ0v) is 14.9. The lowest BCUT2D eigenvalue weighted by molar-refractivity contribution is 0.419. The standard InChI is InChI=1S/C16H24N4O2S/c1-12(10-23(4,17)21)8-9-20(2)16-13-6-5-7-14(22-3)15(13)18-11-19-16/h5-7,11-12,17H,8-10H2,1-4H3/t12-,23-/m1/s1. The molecular weight excluding hydrogens is 312 g/mol. The molecule has 23 heavy (non-hydrogen) atoms. The predicted molar refractivity (Wildman–Crippen MR) is 94.8 cm³/mol. The van der Waals surface area contributed by atoms with Gasteiger partial charge >= 0.3 is 0 Å². The van der Waals surface area contributed by atoms with Crippen LogP contribution in [0.15, 0.2) is 24.5 Å². The van der Waals surface area contributed by atoms with Crippen LogP contribution in [0.25, 0.3) is 10.9 Å². The highest BCUT2D eigenvalue weighted by atomic mass is 32.2. The van der Waals surface area contributed by atoms with Crippen LogP contribution in [0.1, 0.15) is 13.3 Å². The van der Waals surface area contributed by atoms with E-state index in [2.05, 4.69) is 14.9 Å². The van der Waals surface area contributed by atoms with Gasteiger partial charge in [0.1, 0.15) is 23.4 Å². The molecule has 0 unspecified atom stereocenters. The molecule has 6 nitrogen and oxygen atoms in total. The molecule has 2 aromatic rings. The normalized spacial score (nSPS) is 15.1. The molecule has 1 aromatic heterocycles. The van der Waals surface area contributed by atoms with Crippen molar-refractivity contribution in [3.05, 3.63) is 24.5 Å². The summed E-state index contributed by atoms with van der Waals surface area (Å²) in [6.07, 6.45) is 3.90. The summed E-state index contributed by atoms with van der Waals surface area (Å²) >= 11 is 0. The van der Waals surface area contributed by atoms with Crippen LogP contribution in [-0.4, -0.2) is 46.9 Å².